The molecule has 0 atom stereocenters. The van der Waals surface area contributed by atoms with Gasteiger partial charge in [0.2, 0.25) is 10.0 Å². The van der Waals surface area contributed by atoms with Crippen LogP contribution in [-0.2, 0) is 16.4 Å². The van der Waals surface area contributed by atoms with E-state index in [1.807, 2.05) is 6.92 Å². The number of sulfonamides is 1. The molecule has 0 aliphatic carbocycles. The first kappa shape index (κ1) is 16.0. The zero-order chi connectivity index (χ0) is 15.5. The van der Waals surface area contributed by atoms with Crippen molar-refractivity contribution in [2.45, 2.75) is 18.2 Å². The van der Waals surface area contributed by atoms with Crippen molar-refractivity contribution >= 4 is 26.0 Å². The summed E-state index contributed by atoms with van der Waals surface area (Å²) in [5.74, 6) is 0.197. The lowest BCUT2D eigenvalue weighted by Gasteiger charge is -2.09. The summed E-state index contributed by atoms with van der Waals surface area (Å²) < 4.78 is 27.6. The van der Waals surface area contributed by atoms with Gasteiger partial charge in [-0.1, -0.05) is 18.2 Å². The molecule has 0 radical (unpaired) electrons. The highest BCUT2D eigenvalue weighted by Crippen LogP contribution is 2.22. The molecular weight excluding hydrogens is 354 g/mol. The van der Waals surface area contributed by atoms with Crippen LogP contribution in [0.5, 0.6) is 5.75 Å². The topological polar surface area (TPSA) is 66.4 Å². The van der Waals surface area contributed by atoms with Crippen molar-refractivity contribution in [3.8, 4) is 5.75 Å². The van der Waals surface area contributed by atoms with Crippen LogP contribution in [0.1, 0.15) is 11.1 Å². The Labute approximate surface area is 133 Å². The van der Waals surface area contributed by atoms with E-state index < -0.39 is 10.0 Å². The molecule has 0 saturated heterocycles. The van der Waals surface area contributed by atoms with Gasteiger partial charge in [-0.15, -0.1) is 0 Å². The number of phenolic OH excluding ortho intramolecular Hbond substituents is 1. The van der Waals surface area contributed by atoms with Gasteiger partial charge < -0.3 is 5.11 Å². The maximum atomic E-state index is 12.2. The van der Waals surface area contributed by atoms with Gasteiger partial charge >= 0.3 is 0 Å². The van der Waals surface area contributed by atoms with Gasteiger partial charge in [-0.25, -0.2) is 13.1 Å². The van der Waals surface area contributed by atoms with Crippen molar-refractivity contribution in [2.75, 3.05) is 6.54 Å². The lowest BCUT2D eigenvalue weighted by atomic mass is 10.1. The van der Waals surface area contributed by atoms with Crippen molar-refractivity contribution in [3.05, 3.63) is 58.1 Å². The monoisotopic (exact) mass is 369 g/mol. The highest BCUT2D eigenvalue weighted by molar-refractivity contribution is 9.10. The molecule has 4 nitrogen and oxygen atoms in total. The Balaban J connectivity index is 2.03. The van der Waals surface area contributed by atoms with Crippen LogP contribution >= 0.6 is 15.9 Å². The Morgan fingerprint density at radius 2 is 1.81 bits per heavy atom. The normalized spacial score (nSPS) is 11.5. The van der Waals surface area contributed by atoms with Crippen LogP contribution in [-0.4, -0.2) is 20.1 Å². The van der Waals surface area contributed by atoms with Crippen LogP contribution in [0, 0.1) is 6.92 Å². The Morgan fingerprint density at radius 3 is 2.43 bits per heavy atom. The molecule has 0 heterocycles. The molecule has 21 heavy (non-hydrogen) atoms. The first-order chi connectivity index (χ1) is 9.88. The second-order valence-electron chi connectivity index (χ2n) is 4.75. The van der Waals surface area contributed by atoms with E-state index in [-0.39, 0.29) is 10.6 Å². The van der Waals surface area contributed by atoms with E-state index in [1.165, 1.54) is 0 Å². The van der Waals surface area contributed by atoms with Crippen LogP contribution < -0.4 is 4.72 Å². The number of hydrogen-bond acceptors (Lipinski definition) is 3. The summed E-state index contributed by atoms with van der Waals surface area (Å²) in [6, 6.07) is 11.8. The summed E-state index contributed by atoms with van der Waals surface area (Å²) in [4.78, 5) is 0.235. The second kappa shape index (κ2) is 6.60. The Morgan fingerprint density at radius 1 is 1.14 bits per heavy atom. The van der Waals surface area contributed by atoms with Gasteiger partial charge in [0.1, 0.15) is 5.75 Å². The third-order valence-corrected chi connectivity index (χ3v) is 5.46. The minimum atomic E-state index is -3.53. The van der Waals surface area contributed by atoms with Gasteiger partial charge in [-0.05, 0) is 64.7 Å². The number of benzene rings is 2. The van der Waals surface area contributed by atoms with Crippen molar-refractivity contribution in [1.82, 2.24) is 4.72 Å². The largest absolute Gasteiger partial charge is 0.508 e. The molecular formula is C15H16BrNO3S. The molecule has 112 valence electrons. The lowest BCUT2D eigenvalue weighted by molar-refractivity contribution is 0.475. The average molecular weight is 370 g/mol. The van der Waals surface area contributed by atoms with E-state index in [2.05, 4.69) is 20.7 Å². The van der Waals surface area contributed by atoms with Crippen molar-refractivity contribution in [3.63, 3.8) is 0 Å². The van der Waals surface area contributed by atoms with E-state index in [9.17, 15) is 13.5 Å². The number of aromatic hydroxyl groups is 1. The van der Waals surface area contributed by atoms with Gasteiger partial charge in [0.25, 0.3) is 0 Å². The number of hydrogen-bond donors (Lipinski definition) is 2. The summed E-state index contributed by atoms with van der Waals surface area (Å²) in [5.41, 5.74) is 1.95. The number of rotatable bonds is 5. The van der Waals surface area contributed by atoms with Crippen LogP contribution in [0.15, 0.2) is 51.8 Å². The van der Waals surface area contributed by atoms with Crippen LogP contribution in [0.4, 0.5) is 0 Å². The highest BCUT2D eigenvalue weighted by Gasteiger charge is 2.16. The molecule has 0 spiro atoms. The first-order valence-electron chi connectivity index (χ1n) is 6.42. The van der Waals surface area contributed by atoms with E-state index in [0.29, 0.717) is 17.4 Å². The van der Waals surface area contributed by atoms with Gasteiger partial charge in [0.15, 0.2) is 0 Å². The molecule has 6 heteroatoms. The third-order valence-electron chi connectivity index (χ3n) is 3.02. The SMILES string of the molecule is Cc1ccc(S(=O)(=O)NCCc2ccc(O)cc2)c(Br)c1. The molecule has 0 unspecified atom stereocenters. The summed E-state index contributed by atoms with van der Waals surface area (Å²) in [6.07, 6.45) is 0.559. The van der Waals surface area contributed by atoms with E-state index >= 15 is 0 Å². The van der Waals surface area contributed by atoms with Crippen molar-refractivity contribution in [2.24, 2.45) is 0 Å². The van der Waals surface area contributed by atoms with Crippen LogP contribution in [0.2, 0.25) is 0 Å². The number of nitrogens with one attached hydrogen (secondary N) is 1. The molecule has 0 fully saturated rings. The standard InChI is InChI=1S/C15H16BrNO3S/c1-11-2-7-15(14(16)10-11)21(19,20)17-9-8-12-3-5-13(18)6-4-12/h2-7,10,17-18H,8-9H2,1H3. The molecule has 0 amide bonds. The van der Waals surface area contributed by atoms with E-state index in [4.69, 9.17) is 0 Å². The van der Waals surface area contributed by atoms with Crippen molar-refractivity contribution in [1.29, 1.82) is 0 Å². The second-order valence-corrected chi connectivity index (χ2v) is 7.34. The Kier molecular flexibility index (Phi) is 5.03. The molecule has 2 aromatic rings. The average Bonchev–Trinajstić information content (AvgIpc) is 2.40. The lowest BCUT2D eigenvalue weighted by Crippen LogP contribution is -2.26. The van der Waals surface area contributed by atoms with Gasteiger partial charge in [-0.2, -0.15) is 0 Å². The van der Waals surface area contributed by atoms with Gasteiger partial charge in [-0.3, -0.25) is 0 Å². The zero-order valence-electron chi connectivity index (χ0n) is 11.5. The highest BCUT2D eigenvalue weighted by atomic mass is 79.9. The summed E-state index contributed by atoms with van der Waals surface area (Å²) >= 11 is 3.28. The van der Waals surface area contributed by atoms with Crippen molar-refractivity contribution < 1.29 is 13.5 Å². The predicted octanol–water partition coefficient (Wildman–Crippen LogP) is 2.98. The fourth-order valence-electron chi connectivity index (χ4n) is 1.89. The molecule has 0 bridgehead atoms. The van der Waals surface area contributed by atoms with Crippen LogP contribution in [0.25, 0.3) is 0 Å². The quantitative estimate of drug-likeness (QED) is 0.851. The smallest absolute Gasteiger partial charge is 0.241 e. The fraction of sp³-hybridized carbons (Fsp3) is 0.200. The molecule has 0 aromatic heterocycles. The van der Waals surface area contributed by atoms with E-state index in [0.717, 1.165) is 11.1 Å². The number of halogens is 1. The first-order valence-corrected chi connectivity index (χ1v) is 8.70. The third kappa shape index (κ3) is 4.30. The number of phenols is 1. The summed E-state index contributed by atoms with van der Waals surface area (Å²) in [5, 5.41) is 9.20. The molecule has 2 rings (SSSR count). The molecule has 0 aliphatic rings. The fourth-order valence-corrected chi connectivity index (χ4v) is 4.12. The predicted molar refractivity (Wildman–Crippen MR) is 85.9 cm³/mol. The Hall–Kier alpha value is -1.37. The van der Waals surface area contributed by atoms with Crippen LogP contribution in [0.3, 0.4) is 0 Å². The molecule has 2 N–H and O–H groups in total. The maximum Gasteiger partial charge on any atom is 0.241 e. The van der Waals surface area contributed by atoms with Gasteiger partial charge in [0, 0.05) is 11.0 Å². The minimum absolute atomic E-state index is 0.197. The summed E-state index contributed by atoms with van der Waals surface area (Å²) in [6.45, 7) is 2.20. The molecule has 0 aliphatic heterocycles. The van der Waals surface area contributed by atoms with E-state index in [1.54, 1.807) is 42.5 Å². The number of aryl methyl sites for hydroxylation is 1. The summed E-state index contributed by atoms with van der Waals surface area (Å²) in [7, 11) is -3.53. The minimum Gasteiger partial charge on any atom is -0.508 e. The Bertz CT molecular complexity index is 727. The zero-order valence-corrected chi connectivity index (χ0v) is 13.9. The molecule has 2 aromatic carbocycles. The maximum absolute atomic E-state index is 12.2. The van der Waals surface area contributed by atoms with Gasteiger partial charge in [0.05, 0.1) is 4.90 Å². The molecule has 0 saturated carbocycles.